The fourth-order valence-corrected chi connectivity index (χ4v) is 5.05. The Morgan fingerprint density at radius 2 is 2.14 bits per heavy atom. The summed E-state index contributed by atoms with van der Waals surface area (Å²) in [4.78, 5) is 0. The molecular weight excluding hydrogens is 282 g/mol. The van der Waals surface area contributed by atoms with Gasteiger partial charge in [0.25, 0.3) is 0 Å². The molecule has 0 radical (unpaired) electrons. The highest BCUT2D eigenvalue weighted by molar-refractivity contribution is 7.99. The summed E-state index contributed by atoms with van der Waals surface area (Å²) in [6.45, 7) is 8.07. The number of ether oxygens (including phenoxy) is 2. The van der Waals surface area contributed by atoms with E-state index in [4.69, 9.17) is 9.47 Å². The predicted molar refractivity (Wildman–Crippen MR) is 91.2 cm³/mol. The van der Waals surface area contributed by atoms with Gasteiger partial charge in [0.2, 0.25) is 0 Å². The van der Waals surface area contributed by atoms with E-state index in [1.54, 1.807) is 0 Å². The standard InChI is InChI=1S/C17H33NO2S/c1-3-18-16(6-5-10-19-4-2)15-7-11-20-17(14-15)8-12-21-13-9-17/h15-16,18H,3-14H2,1-2H3. The summed E-state index contributed by atoms with van der Waals surface area (Å²) in [7, 11) is 0. The van der Waals surface area contributed by atoms with Crippen LogP contribution in [0.3, 0.4) is 0 Å². The van der Waals surface area contributed by atoms with E-state index >= 15 is 0 Å². The van der Waals surface area contributed by atoms with Crippen molar-refractivity contribution in [2.24, 2.45) is 5.92 Å². The summed E-state index contributed by atoms with van der Waals surface area (Å²) in [5.41, 5.74) is 0.210. The molecule has 4 heteroatoms. The fraction of sp³-hybridized carbons (Fsp3) is 1.00. The lowest BCUT2D eigenvalue weighted by Crippen LogP contribution is -2.48. The van der Waals surface area contributed by atoms with E-state index in [0.717, 1.165) is 32.3 Å². The monoisotopic (exact) mass is 315 g/mol. The van der Waals surface area contributed by atoms with Crippen molar-refractivity contribution in [3.05, 3.63) is 0 Å². The molecule has 2 aliphatic rings. The maximum absolute atomic E-state index is 6.24. The highest BCUT2D eigenvalue weighted by atomic mass is 32.2. The van der Waals surface area contributed by atoms with Gasteiger partial charge in [0.15, 0.2) is 0 Å². The Hall–Kier alpha value is 0.230. The summed E-state index contributed by atoms with van der Waals surface area (Å²) < 4.78 is 11.7. The van der Waals surface area contributed by atoms with Gasteiger partial charge >= 0.3 is 0 Å². The highest BCUT2D eigenvalue weighted by Crippen LogP contribution is 2.41. The number of thioether (sulfide) groups is 1. The minimum Gasteiger partial charge on any atom is -0.382 e. The molecule has 2 heterocycles. The molecule has 0 aromatic rings. The molecule has 1 N–H and O–H groups in total. The molecule has 0 aromatic heterocycles. The zero-order chi connectivity index (χ0) is 15.0. The molecule has 2 rings (SSSR count). The second-order valence-corrected chi connectivity index (χ2v) is 7.62. The van der Waals surface area contributed by atoms with Crippen LogP contribution in [0.25, 0.3) is 0 Å². The lowest BCUT2D eigenvalue weighted by atomic mass is 9.77. The van der Waals surface area contributed by atoms with Gasteiger partial charge in [-0.15, -0.1) is 0 Å². The molecule has 2 fully saturated rings. The van der Waals surface area contributed by atoms with Crippen molar-refractivity contribution in [1.82, 2.24) is 5.32 Å². The first kappa shape index (κ1) is 17.6. The average molecular weight is 316 g/mol. The van der Waals surface area contributed by atoms with Crippen LogP contribution in [0, 0.1) is 5.92 Å². The summed E-state index contributed by atoms with van der Waals surface area (Å²) in [5, 5.41) is 3.73. The SMILES string of the molecule is CCNC(CCCOCC)C1CCOC2(CCSCC2)C1. The van der Waals surface area contributed by atoms with E-state index in [-0.39, 0.29) is 5.60 Å². The molecule has 124 valence electrons. The Morgan fingerprint density at radius 1 is 1.33 bits per heavy atom. The lowest BCUT2D eigenvalue weighted by molar-refractivity contribution is -0.107. The number of hydrogen-bond donors (Lipinski definition) is 1. The van der Waals surface area contributed by atoms with E-state index < -0.39 is 0 Å². The van der Waals surface area contributed by atoms with Crippen LogP contribution in [-0.2, 0) is 9.47 Å². The van der Waals surface area contributed by atoms with E-state index in [1.807, 2.05) is 0 Å². The van der Waals surface area contributed by atoms with Crippen molar-refractivity contribution >= 4 is 11.8 Å². The molecule has 21 heavy (non-hydrogen) atoms. The Kier molecular flexibility index (Phi) is 7.86. The van der Waals surface area contributed by atoms with Gasteiger partial charge < -0.3 is 14.8 Å². The summed E-state index contributed by atoms with van der Waals surface area (Å²) in [5.74, 6) is 3.34. The van der Waals surface area contributed by atoms with Crippen LogP contribution in [0.4, 0.5) is 0 Å². The van der Waals surface area contributed by atoms with Crippen molar-refractivity contribution in [2.75, 3.05) is 37.9 Å². The van der Waals surface area contributed by atoms with Crippen LogP contribution in [-0.4, -0.2) is 49.5 Å². The molecule has 1 spiro atoms. The molecule has 0 bridgehead atoms. The molecule has 2 atom stereocenters. The van der Waals surface area contributed by atoms with Crippen LogP contribution in [0.2, 0.25) is 0 Å². The number of hydrogen-bond acceptors (Lipinski definition) is 4. The van der Waals surface area contributed by atoms with Gasteiger partial charge in [0, 0.05) is 25.9 Å². The topological polar surface area (TPSA) is 30.5 Å². The maximum Gasteiger partial charge on any atom is 0.0701 e. The molecular formula is C17H33NO2S. The van der Waals surface area contributed by atoms with Crippen LogP contribution in [0.1, 0.15) is 52.4 Å². The first-order valence-corrected chi connectivity index (χ1v) is 9.98. The minimum atomic E-state index is 0.210. The van der Waals surface area contributed by atoms with Gasteiger partial charge in [-0.1, -0.05) is 6.92 Å². The second kappa shape index (κ2) is 9.39. The molecule has 3 nitrogen and oxygen atoms in total. The number of rotatable bonds is 8. The fourth-order valence-electron chi connectivity index (χ4n) is 3.82. The molecule has 0 aromatic carbocycles. The van der Waals surface area contributed by atoms with Crippen LogP contribution >= 0.6 is 11.8 Å². The third kappa shape index (κ3) is 5.42. The van der Waals surface area contributed by atoms with E-state index in [1.165, 1.54) is 50.0 Å². The van der Waals surface area contributed by atoms with Gasteiger partial charge in [-0.3, -0.25) is 0 Å². The first-order chi connectivity index (χ1) is 10.3. The normalized spacial score (nSPS) is 26.9. The van der Waals surface area contributed by atoms with Gasteiger partial charge in [-0.25, -0.2) is 0 Å². The van der Waals surface area contributed by atoms with Gasteiger partial charge in [0.05, 0.1) is 5.60 Å². The molecule has 0 aliphatic carbocycles. The third-order valence-corrected chi connectivity index (χ3v) is 5.96. The minimum absolute atomic E-state index is 0.210. The van der Waals surface area contributed by atoms with Crippen molar-refractivity contribution in [2.45, 2.75) is 64.0 Å². The maximum atomic E-state index is 6.24. The predicted octanol–water partition coefficient (Wildman–Crippen LogP) is 3.47. The summed E-state index contributed by atoms with van der Waals surface area (Å²) >= 11 is 2.09. The van der Waals surface area contributed by atoms with Crippen LogP contribution in [0.15, 0.2) is 0 Å². The number of nitrogens with one attached hydrogen (secondary N) is 1. The highest BCUT2D eigenvalue weighted by Gasteiger charge is 2.40. The zero-order valence-electron chi connectivity index (χ0n) is 13.9. The van der Waals surface area contributed by atoms with Gasteiger partial charge in [0.1, 0.15) is 0 Å². The summed E-state index contributed by atoms with van der Waals surface area (Å²) in [6.07, 6.45) is 7.41. The zero-order valence-corrected chi connectivity index (χ0v) is 14.7. The second-order valence-electron chi connectivity index (χ2n) is 6.40. The van der Waals surface area contributed by atoms with E-state index in [2.05, 4.69) is 30.9 Å². The van der Waals surface area contributed by atoms with Crippen molar-refractivity contribution in [1.29, 1.82) is 0 Å². The quantitative estimate of drug-likeness (QED) is 0.695. The van der Waals surface area contributed by atoms with Crippen molar-refractivity contribution in [3.63, 3.8) is 0 Å². The van der Waals surface area contributed by atoms with Gasteiger partial charge in [-0.2, -0.15) is 11.8 Å². The molecule has 0 saturated carbocycles. The molecule has 2 aliphatic heterocycles. The first-order valence-electron chi connectivity index (χ1n) is 8.82. The molecule has 2 saturated heterocycles. The van der Waals surface area contributed by atoms with Gasteiger partial charge in [-0.05, 0) is 69.4 Å². The third-order valence-electron chi connectivity index (χ3n) is 4.98. The molecule has 0 amide bonds. The average Bonchev–Trinajstić information content (AvgIpc) is 2.51. The van der Waals surface area contributed by atoms with Crippen molar-refractivity contribution in [3.8, 4) is 0 Å². The smallest absolute Gasteiger partial charge is 0.0701 e. The van der Waals surface area contributed by atoms with E-state index in [0.29, 0.717) is 6.04 Å². The molecule has 2 unspecified atom stereocenters. The van der Waals surface area contributed by atoms with Crippen molar-refractivity contribution < 1.29 is 9.47 Å². The van der Waals surface area contributed by atoms with E-state index in [9.17, 15) is 0 Å². The Labute approximate surface area is 134 Å². The summed E-state index contributed by atoms with van der Waals surface area (Å²) in [6, 6.07) is 0.644. The van der Waals surface area contributed by atoms with Crippen LogP contribution in [0.5, 0.6) is 0 Å². The Morgan fingerprint density at radius 3 is 2.86 bits per heavy atom. The lowest BCUT2D eigenvalue weighted by Gasteiger charge is -2.45. The Balaban J connectivity index is 1.85. The Bertz CT molecular complexity index is 276. The largest absolute Gasteiger partial charge is 0.382 e. The van der Waals surface area contributed by atoms with Crippen LogP contribution < -0.4 is 5.32 Å².